The first-order chi connectivity index (χ1) is 7.88. The molecule has 2 rings (SSSR count). The lowest BCUT2D eigenvalue weighted by atomic mass is 10.2. The van der Waals surface area contributed by atoms with E-state index in [0.29, 0.717) is 6.42 Å². The Hall–Kier alpha value is -1.54. The first kappa shape index (κ1) is 11.0. The Morgan fingerprint density at radius 1 is 0.875 bits per heavy atom. The summed E-state index contributed by atoms with van der Waals surface area (Å²) in [6, 6.07) is 18.4. The van der Waals surface area contributed by atoms with Gasteiger partial charge in [-0.25, -0.2) is 0 Å². The summed E-state index contributed by atoms with van der Waals surface area (Å²) in [5.74, 6) is 0. The normalized spacial score (nSPS) is 10.0. The predicted octanol–water partition coefficient (Wildman–Crippen LogP) is 3.58. The van der Waals surface area contributed by atoms with Crippen LogP contribution in [0.5, 0.6) is 0 Å². The molecule has 0 spiro atoms. The third kappa shape index (κ3) is 2.97. The topological polar surface area (TPSA) is 17.1 Å². The number of hydrogen-bond acceptors (Lipinski definition) is 2. The summed E-state index contributed by atoms with van der Waals surface area (Å²) in [4.78, 5) is 12.8. The summed E-state index contributed by atoms with van der Waals surface area (Å²) in [7, 11) is 0. The van der Waals surface area contributed by atoms with Gasteiger partial charge in [0.1, 0.15) is 6.29 Å². The molecule has 0 aliphatic heterocycles. The van der Waals surface area contributed by atoms with Crippen molar-refractivity contribution in [2.45, 2.75) is 16.2 Å². The average molecular weight is 228 g/mol. The molecule has 0 saturated heterocycles. The lowest BCUT2D eigenvalue weighted by molar-refractivity contribution is -0.107. The van der Waals surface area contributed by atoms with Gasteiger partial charge in [-0.15, -0.1) is 0 Å². The van der Waals surface area contributed by atoms with Crippen LogP contribution in [0.25, 0.3) is 0 Å². The fourth-order valence-corrected chi connectivity index (χ4v) is 2.25. The third-order valence-corrected chi connectivity index (χ3v) is 3.24. The second kappa shape index (κ2) is 5.52. The Morgan fingerprint density at radius 3 is 2.12 bits per heavy atom. The number of rotatable bonds is 4. The SMILES string of the molecule is O=CCc1ccc(Sc2ccccc2)cc1. The van der Waals surface area contributed by atoms with Gasteiger partial charge in [0, 0.05) is 16.2 Å². The first-order valence-corrected chi connectivity index (χ1v) is 5.95. The summed E-state index contributed by atoms with van der Waals surface area (Å²) in [6.45, 7) is 0. The summed E-state index contributed by atoms with van der Waals surface area (Å²) in [5, 5.41) is 0. The number of carbonyl (C=O) groups is 1. The van der Waals surface area contributed by atoms with Gasteiger partial charge in [0.25, 0.3) is 0 Å². The second-order valence-corrected chi connectivity index (χ2v) is 4.58. The van der Waals surface area contributed by atoms with Crippen molar-refractivity contribution < 1.29 is 4.79 Å². The lowest BCUT2D eigenvalue weighted by Gasteiger charge is -2.02. The standard InChI is InChI=1S/C14H12OS/c15-11-10-12-6-8-14(9-7-12)16-13-4-2-1-3-5-13/h1-9,11H,10H2. The number of carbonyl (C=O) groups excluding carboxylic acids is 1. The molecule has 0 aliphatic carbocycles. The summed E-state index contributed by atoms with van der Waals surface area (Å²) in [6.07, 6.45) is 1.43. The van der Waals surface area contributed by atoms with Gasteiger partial charge in [-0.1, -0.05) is 42.1 Å². The number of aldehydes is 1. The van der Waals surface area contributed by atoms with E-state index in [1.54, 1.807) is 11.8 Å². The van der Waals surface area contributed by atoms with E-state index >= 15 is 0 Å². The minimum absolute atomic E-state index is 0.496. The summed E-state index contributed by atoms with van der Waals surface area (Å²) < 4.78 is 0. The Morgan fingerprint density at radius 2 is 1.50 bits per heavy atom. The molecule has 0 fully saturated rings. The lowest BCUT2D eigenvalue weighted by Crippen LogP contribution is -1.84. The summed E-state index contributed by atoms with van der Waals surface area (Å²) in [5.41, 5.74) is 1.06. The molecule has 1 nitrogen and oxygen atoms in total. The van der Waals surface area contributed by atoms with Crippen LogP contribution >= 0.6 is 11.8 Å². The van der Waals surface area contributed by atoms with Crippen molar-refractivity contribution >= 4 is 18.0 Å². The zero-order chi connectivity index (χ0) is 11.2. The Kier molecular flexibility index (Phi) is 3.78. The molecule has 0 amide bonds. The molecule has 0 heterocycles. The molecule has 16 heavy (non-hydrogen) atoms. The molecule has 0 aromatic heterocycles. The van der Waals surface area contributed by atoms with Crippen LogP contribution in [-0.2, 0) is 11.2 Å². The molecule has 0 unspecified atom stereocenters. The van der Waals surface area contributed by atoms with Crippen LogP contribution in [0.1, 0.15) is 5.56 Å². The van der Waals surface area contributed by atoms with E-state index in [0.717, 1.165) is 11.8 Å². The van der Waals surface area contributed by atoms with Crippen LogP contribution in [-0.4, -0.2) is 6.29 Å². The minimum atomic E-state index is 0.496. The molecule has 0 radical (unpaired) electrons. The van der Waals surface area contributed by atoms with E-state index in [2.05, 4.69) is 24.3 Å². The van der Waals surface area contributed by atoms with Gasteiger partial charge in [-0.3, -0.25) is 0 Å². The van der Waals surface area contributed by atoms with Crippen molar-refractivity contribution in [2.24, 2.45) is 0 Å². The minimum Gasteiger partial charge on any atom is -0.303 e. The van der Waals surface area contributed by atoms with Crippen molar-refractivity contribution in [3.05, 3.63) is 60.2 Å². The van der Waals surface area contributed by atoms with Crippen LogP contribution < -0.4 is 0 Å². The zero-order valence-corrected chi connectivity index (χ0v) is 9.61. The fourth-order valence-electron chi connectivity index (χ4n) is 1.41. The van der Waals surface area contributed by atoms with Gasteiger partial charge < -0.3 is 4.79 Å². The highest BCUT2D eigenvalue weighted by Gasteiger charge is 1.97. The summed E-state index contributed by atoms with van der Waals surface area (Å²) >= 11 is 1.73. The molecule has 0 N–H and O–H groups in total. The molecule has 0 saturated carbocycles. The highest BCUT2D eigenvalue weighted by Crippen LogP contribution is 2.27. The Bertz CT molecular complexity index is 448. The third-order valence-electron chi connectivity index (χ3n) is 2.22. The zero-order valence-electron chi connectivity index (χ0n) is 8.80. The molecule has 2 aromatic rings. The van der Waals surface area contributed by atoms with Crippen molar-refractivity contribution in [1.82, 2.24) is 0 Å². The van der Waals surface area contributed by atoms with E-state index in [1.165, 1.54) is 9.79 Å². The molecule has 0 atom stereocenters. The van der Waals surface area contributed by atoms with Gasteiger partial charge in [-0.2, -0.15) is 0 Å². The molecular weight excluding hydrogens is 216 g/mol. The maximum atomic E-state index is 10.3. The van der Waals surface area contributed by atoms with Crippen LogP contribution in [0.3, 0.4) is 0 Å². The average Bonchev–Trinajstić information content (AvgIpc) is 2.33. The van der Waals surface area contributed by atoms with E-state index in [-0.39, 0.29) is 0 Å². The van der Waals surface area contributed by atoms with Crippen LogP contribution in [0.4, 0.5) is 0 Å². The molecule has 0 aliphatic rings. The predicted molar refractivity (Wildman–Crippen MR) is 66.8 cm³/mol. The first-order valence-electron chi connectivity index (χ1n) is 5.14. The van der Waals surface area contributed by atoms with Crippen LogP contribution in [0.15, 0.2) is 64.4 Å². The number of benzene rings is 2. The molecular formula is C14H12OS. The highest BCUT2D eigenvalue weighted by atomic mass is 32.2. The van der Waals surface area contributed by atoms with E-state index in [9.17, 15) is 4.79 Å². The monoisotopic (exact) mass is 228 g/mol. The second-order valence-electron chi connectivity index (χ2n) is 3.43. The van der Waals surface area contributed by atoms with E-state index in [4.69, 9.17) is 0 Å². The number of hydrogen-bond donors (Lipinski definition) is 0. The van der Waals surface area contributed by atoms with Crippen molar-refractivity contribution in [1.29, 1.82) is 0 Å². The maximum Gasteiger partial charge on any atom is 0.124 e. The largest absolute Gasteiger partial charge is 0.303 e. The molecule has 2 heteroatoms. The Labute approximate surface area is 99.5 Å². The van der Waals surface area contributed by atoms with Gasteiger partial charge in [0.2, 0.25) is 0 Å². The maximum absolute atomic E-state index is 10.3. The molecule has 2 aromatic carbocycles. The molecule has 0 bridgehead atoms. The quantitative estimate of drug-likeness (QED) is 0.744. The van der Waals surface area contributed by atoms with Crippen molar-refractivity contribution in [3.63, 3.8) is 0 Å². The van der Waals surface area contributed by atoms with Gasteiger partial charge in [0.15, 0.2) is 0 Å². The van der Waals surface area contributed by atoms with Crippen LogP contribution in [0, 0.1) is 0 Å². The van der Waals surface area contributed by atoms with Gasteiger partial charge in [-0.05, 0) is 29.8 Å². The fraction of sp³-hybridized carbons (Fsp3) is 0.0714. The van der Waals surface area contributed by atoms with E-state index < -0.39 is 0 Å². The Balaban J connectivity index is 2.08. The van der Waals surface area contributed by atoms with Crippen molar-refractivity contribution in [2.75, 3.05) is 0 Å². The van der Waals surface area contributed by atoms with Gasteiger partial charge in [0.05, 0.1) is 0 Å². The smallest absolute Gasteiger partial charge is 0.124 e. The van der Waals surface area contributed by atoms with E-state index in [1.807, 2.05) is 30.3 Å². The van der Waals surface area contributed by atoms with Crippen molar-refractivity contribution in [3.8, 4) is 0 Å². The highest BCUT2D eigenvalue weighted by molar-refractivity contribution is 7.99. The molecule has 80 valence electrons. The van der Waals surface area contributed by atoms with Crippen LogP contribution in [0.2, 0.25) is 0 Å². The van der Waals surface area contributed by atoms with Gasteiger partial charge >= 0.3 is 0 Å².